The Morgan fingerprint density at radius 1 is 1.11 bits per heavy atom. The number of anilines is 1. The number of thioether (sulfide) groups is 1. The van der Waals surface area contributed by atoms with Crippen LogP contribution in [0.1, 0.15) is 21.5 Å². The van der Waals surface area contributed by atoms with E-state index in [1.807, 2.05) is 43.3 Å². The van der Waals surface area contributed by atoms with E-state index in [2.05, 4.69) is 15.3 Å². The van der Waals surface area contributed by atoms with Crippen LogP contribution in [0.3, 0.4) is 0 Å². The van der Waals surface area contributed by atoms with E-state index in [0.29, 0.717) is 11.3 Å². The Morgan fingerprint density at radius 2 is 1.89 bits per heavy atom. The van der Waals surface area contributed by atoms with Crippen molar-refractivity contribution in [3.63, 3.8) is 0 Å². The number of nitrogens with one attached hydrogen (secondary N) is 2. The third-order valence-electron chi connectivity index (χ3n) is 4.36. The summed E-state index contributed by atoms with van der Waals surface area (Å²) >= 11 is 1.52. The number of hydrogen-bond acceptors (Lipinski definition) is 3. The molecular weight excluding hydrogens is 373 g/mol. The molecule has 1 aromatic heterocycles. The lowest BCUT2D eigenvalue weighted by Crippen LogP contribution is -2.15. The first-order valence-corrected chi connectivity index (χ1v) is 9.82. The molecule has 0 unspecified atom stereocenters. The maximum Gasteiger partial charge on any atom is 0.256 e. The molecule has 4 aromatic rings. The molecule has 0 radical (unpaired) electrons. The van der Waals surface area contributed by atoms with Crippen LogP contribution in [0.15, 0.2) is 71.9 Å². The summed E-state index contributed by atoms with van der Waals surface area (Å²) in [7, 11) is 0. The van der Waals surface area contributed by atoms with Gasteiger partial charge in [0.1, 0.15) is 5.82 Å². The lowest BCUT2D eigenvalue weighted by atomic mass is 10.1. The van der Waals surface area contributed by atoms with Gasteiger partial charge in [-0.15, -0.1) is 0 Å². The van der Waals surface area contributed by atoms with Crippen LogP contribution in [0.5, 0.6) is 0 Å². The molecule has 0 saturated carbocycles. The van der Waals surface area contributed by atoms with Crippen molar-refractivity contribution in [2.45, 2.75) is 17.8 Å². The Labute approximate surface area is 166 Å². The number of fused-ring (bicyclic) bond motifs is 1. The van der Waals surface area contributed by atoms with Crippen molar-refractivity contribution < 1.29 is 9.18 Å². The van der Waals surface area contributed by atoms with Gasteiger partial charge in [0.05, 0.1) is 16.7 Å². The van der Waals surface area contributed by atoms with E-state index in [9.17, 15) is 9.18 Å². The number of carbonyl (C=O) groups is 1. The topological polar surface area (TPSA) is 57.8 Å². The van der Waals surface area contributed by atoms with Gasteiger partial charge in [0, 0.05) is 11.3 Å². The third kappa shape index (κ3) is 3.92. The quantitative estimate of drug-likeness (QED) is 0.438. The van der Waals surface area contributed by atoms with Gasteiger partial charge in [-0.3, -0.25) is 4.79 Å². The summed E-state index contributed by atoms with van der Waals surface area (Å²) < 4.78 is 14.0. The number of imidazole rings is 1. The van der Waals surface area contributed by atoms with Crippen LogP contribution in [0, 0.1) is 12.7 Å². The minimum absolute atomic E-state index is 0.185. The number of H-pyrrole nitrogens is 1. The first-order valence-electron chi connectivity index (χ1n) is 8.83. The van der Waals surface area contributed by atoms with Crippen molar-refractivity contribution in [3.05, 3.63) is 89.2 Å². The van der Waals surface area contributed by atoms with Crippen LogP contribution in [0.2, 0.25) is 0 Å². The van der Waals surface area contributed by atoms with E-state index >= 15 is 0 Å². The smallest absolute Gasteiger partial charge is 0.256 e. The van der Waals surface area contributed by atoms with Crippen LogP contribution >= 0.6 is 11.8 Å². The standard InChI is InChI=1S/C22H18FN3OS/c1-14-10-11-17(23)20(12-14)24-21(27)16-7-3-2-6-15(16)13-28-22-25-18-8-4-5-9-19(18)26-22/h2-12H,13H2,1H3,(H,24,27)(H,25,26). The molecule has 0 aliphatic carbocycles. The first kappa shape index (κ1) is 18.3. The second-order valence-electron chi connectivity index (χ2n) is 6.44. The highest BCUT2D eigenvalue weighted by Crippen LogP contribution is 2.25. The number of hydrogen-bond donors (Lipinski definition) is 2. The molecule has 0 bridgehead atoms. The van der Waals surface area contributed by atoms with Crippen LogP contribution in [-0.4, -0.2) is 15.9 Å². The molecule has 0 saturated heterocycles. The minimum Gasteiger partial charge on any atom is -0.333 e. The molecular formula is C22H18FN3OS. The summed E-state index contributed by atoms with van der Waals surface area (Å²) in [5.74, 6) is -0.210. The molecule has 6 heteroatoms. The molecule has 1 heterocycles. The number of halogens is 1. The first-order chi connectivity index (χ1) is 13.6. The van der Waals surface area contributed by atoms with Crippen molar-refractivity contribution in [3.8, 4) is 0 Å². The Kier molecular flexibility index (Phi) is 5.12. The molecule has 2 N–H and O–H groups in total. The highest BCUT2D eigenvalue weighted by Gasteiger charge is 2.14. The van der Waals surface area contributed by atoms with Gasteiger partial charge in [0.15, 0.2) is 5.16 Å². The van der Waals surface area contributed by atoms with Crippen LogP contribution in [-0.2, 0) is 5.75 Å². The van der Waals surface area contributed by atoms with Crippen LogP contribution in [0.25, 0.3) is 11.0 Å². The van der Waals surface area contributed by atoms with E-state index in [1.165, 1.54) is 17.8 Å². The van der Waals surface area contributed by atoms with Gasteiger partial charge in [-0.25, -0.2) is 9.37 Å². The van der Waals surface area contributed by atoms with Crippen molar-refractivity contribution in [2.75, 3.05) is 5.32 Å². The van der Waals surface area contributed by atoms with Crippen LogP contribution < -0.4 is 5.32 Å². The Morgan fingerprint density at radius 3 is 2.75 bits per heavy atom. The molecule has 3 aromatic carbocycles. The van der Waals surface area contributed by atoms with E-state index in [4.69, 9.17) is 0 Å². The average Bonchev–Trinajstić information content (AvgIpc) is 3.12. The van der Waals surface area contributed by atoms with Crippen molar-refractivity contribution >= 4 is 34.4 Å². The predicted molar refractivity (Wildman–Crippen MR) is 111 cm³/mol. The molecule has 0 aliphatic heterocycles. The average molecular weight is 391 g/mol. The lowest BCUT2D eigenvalue weighted by molar-refractivity contribution is 0.102. The maximum atomic E-state index is 14.0. The maximum absolute atomic E-state index is 14.0. The second-order valence-corrected chi connectivity index (χ2v) is 7.41. The zero-order chi connectivity index (χ0) is 19.5. The molecule has 0 fully saturated rings. The predicted octanol–water partition coefficient (Wildman–Crippen LogP) is 5.56. The van der Waals surface area contributed by atoms with Crippen molar-refractivity contribution in [1.82, 2.24) is 9.97 Å². The van der Waals surface area contributed by atoms with E-state index in [1.54, 1.807) is 24.3 Å². The molecule has 0 aliphatic rings. The normalized spacial score (nSPS) is 10.9. The molecule has 4 nitrogen and oxygen atoms in total. The van der Waals surface area contributed by atoms with Crippen molar-refractivity contribution in [1.29, 1.82) is 0 Å². The number of benzene rings is 3. The number of nitrogens with zero attached hydrogens (tertiary/aromatic N) is 1. The number of aromatic nitrogens is 2. The molecule has 28 heavy (non-hydrogen) atoms. The number of rotatable bonds is 5. The summed E-state index contributed by atoms with van der Waals surface area (Å²) in [6, 6.07) is 19.8. The fourth-order valence-electron chi connectivity index (χ4n) is 2.94. The Bertz CT molecular complexity index is 1120. The van der Waals surface area contributed by atoms with Gasteiger partial charge in [-0.2, -0.15) is 0 Å². The van der Waals surface area contributed by atoms with Gasteiger partial charge < -0.3 is 10.3 Å². The van der Waals surface area contributed by atoms with Gasteiger partial charge in [-0.05, 0) is 48.4 Å². The van der Waals surface area contributed by atoms with Gasteiger partial charge >= 0.3 is 0 Å². The number of aryl methyl sites for hydroxylation is 1. The van der Waals surface area contributed by atoms with E-state index < -0.39 is 5.82 Å². The zero-order valence-corrected chi connectivity index (χ0v) is 16.0. The molecule has 1 amide bonds. The highest BCUT2D eigenvalue weighted by molar-refractivity contribution is 7.98. The van der Waals surface area contributed by atoms with Gasteiger partial charge in [-0.1, -0.05) is 48.2 Å². The minimum atomic E-state index is -0.451. The second kappa shape index (κ2) is 7.86. The lowest BCUT2D eigenvalue weighted by Gasteiger charge is -2.11. The summed E-state index contributed by atoms with van der Waals surface area (Å²) in [6.45, 7) is 1.85. The summed E-state index contributed by atoms with van der Waals surface area (Å²) in [5, 5.41) is 3.47. The van der Waals surface area contributed by atoms with Gasteiger partial charge in [0.2, 0.25) is 0 Å². The largest absolute Gasteiger partial charge is 0.333 e. The Balaban J connectivity index is 1.52. The molecule has 140 valence electrons. The summed E-state index contributed by atoms with van der Waals surface area (Å²) in [4.78, 5) is 20.6. The molecule has 0 spiro atoms. The highest BCUT2D eigenvalue weighted by atomic mass is 32.2. The number of para-hydroxylation sites is 2. The van der Waals surface area contributed by atoms with Crippen LogP contribution in [0.4, 0.5) is 10.1 Å². The fourth-order valence-corrected chi connectivity index (χ4v) is 3.83. The summed E-state index contributed by atoms with van der Waals surface area (Å²) in [6.07, 6.45) is 0. The SMILES string of the molecule is Cc1ccc(F)c(NC(=O)c2ccccc2CSc2nc3ccccc3[nH]2)c1. The monoisotopic (exact) mass is 391 g/mol. The number of carbonyl (C=O) groups excluding carboxylic acids is 1. The van der Waals surface area contributed by atoms with Gasteiger partial charge in [0.25, 0.3) is 5.91 Å². The van der Waals surface area contributed by atoms with E-state index in [-0.39, 0.29) is 11.6 Å². The van der Waals surface area contributed by atoms with E-state index in [0.717, 1.165) is 27.3 Å². The number of amides is 1. The van der Waals surface area contributed by atoms with Crippen molar-refractivity contribution in [2.24, 2.45) is 0 Å². The third-order valence-corrected chi connectivity index (χ3v) is 5.29. The molecule has 0 atom stereocenters. The summed E-state index contributed by atoms with van der Waals surface area (Å²) in [5.41, 5.74) is 4.33. The fraction of sp³-hybridized carbons (Fsp3) is 0.0909. The number of aromatic amines is 1. The molecule has 4 rings (SSSR count). The Hall–Kier alpha value is -3.12. The zero-order valence-electron chi connectivity index (χ0n) is 15.2.